The van der Waals surface area contributed by atoms with E-state index in [2.05, 4.69) is 15.2 Å². The van der Waals surface area contributed by atoms with Crippen molar-refractivity contribution in [2.24, 2.45) is 0 Å². The molecule has 3 aromatic carbocycles. The number of nitrogens with zero attached hydrogens (tertiary/aromatic N) is 3. The molecule has 0 unspecified atom stereocenters. The Morgan fingerprint density at radius 2 is 1.75 bits per heavy atom. The lowest BCUT2D eigenvalue weighted by Gasteiger charge is -2.10. The van der Waals surface area contributed by atoms with Crippen molar-refractivity contribution in [2.75, 3.05) is 5.75 Å². The molecule has 5 aromatic rings. The first-order valence-corrected chi connectivity index (χ1v) is 11.2. The van der Waals surface area contributed by atoms with Crippen molar-refractivity contribution >= 4 is 40.0 Å². The second-order valence-corrected chi connectivity index (χ2v) is 8.44. The fourth-order valence-corrected chi connectivity index (χ4v) is 4.47. The number of H-pyrrole nitrogens is 1. The van der Waals surface area contributed by atoms with E-state index in [9.17, 15) is 9.18 Å². The minimum atomic E-state index is -0.531. The number of rotatable bonds is 6. The van der Waals surface area contributed by atoms with Crippen LogP contribution in [0.4, 0.5) is 4.39 Å². The van der Waals surface area contributed by atoms with Gasteiger partial charge in [-0.3, -0.25) is 9.36 Å². The molecule has 0 aliphatic heterocycles. The van der Waals surface area contributed by atoms with Gasteiger partial charge in [-0.05, 0) is 42.5 Å². The van der Waals surface area contributed by atoms with E-state index in [1.54, 1.807) is 24.3 Å². The summed E-state index contributed by atoms with van der Waals surface area (Å²) in [4.78, 5) is 15.9. The number of Topliss-reactive ketones (excluding diaryl/α,β-unsaturated/α-hetero) is 1. The average Bonchev–Trinajstić information content (AvgIpc) is 3.42. The Labute approximate surface area is 192 Å². The number of halogens is 2. The van der Waals surface area contributed by atoms with Crippen LogP contribution in [0.15, 0.2) is 84.1 Å². The molecule has 8 heteroatoms. The number of carbonyl (C=O) groups excluding carboxylic acids is 1. The topological polar surface area (TPSA) is 63.6 Å². The molecular formula is C24H16ClFN4OS. The Balaban J connectivity index is 1.55. The van der Waals surface area contributed by atoms with Gasteiger partial charge in [0, 0.05) is 33.4 Å². The smallest absolute Gasteiger partial charge is 0.196 e. The van der Waals surface area contributed by atoms with Crippen LogP contribution >= 0.6 is 23.4 Å². The zero-order chi connectivity index (χ0) is 22.1. The Morgan fingerprint density at radius 1 is 1.00 bits per heavy atom. The molecule has 5 rings (SSSR count). The molecule has 0 spiro atoms. The fraction of sp³-hybridized carbons (Fsp3) is 0.0417. The van der Waals surface area contributed by atoms with Gasteiger partial charge in [-0.15, -0.1) is 10.2 Å². The molecule has 0 amide bonds. The third-order valence-corrected chi connectivity index (χ3v) is 6.24. The number of carbonyl (C=O) groups is 1. The van der Waals surface area contributed by atoms with Crippen molar-refractivity contribution in [3.05, 3.63) is 95.4 Å². The Morgan fingerprint density at radius 3 is 2.56 bits per heavy atom. The van der Waals surface area contributed by atoms with Gasteiger partial charge in [-0.1, -0.05) is 53.7 Å². The molecule has 0 saturated heterocycles. The second kappa shape index (κ2) is 8.61. The lowest BCUT2D eigenvalue weighted by molar-refractivity contribution is 0.101. The number of benzene rings is 3. The van der Waals surface area contributed by atoms with Gasteiger partial charge in [0.05, 0.1) is 11.3 Å². The summed E-state index contributed by atoms with van der Waals surface area (Å²) >= 11 is 7.30. The molecule has 5 nitrogen and oxygen atoms in total. The largest absolute Gasteiger partial charge is 0.360 e. The summed E-state index contributed by atoms with van der Waals surface area (Å²) < 4.78 is 15.9. The second-order valence-electron chi connectivity index (χ2n) is 7.06. The summed E-state index contributed by atoms with van der Waals surface area (Å²) in [6, 6.07) is 21.2. The first kappa shape index (κ1) is 20.5. The zero-order valence-corrected chi connectivity index (χ0v) is 18.2. The van der Waals surface area contributed by atoms with Crippen LogP contribution in [0.1, 0.15) is 10.4 Å². The summed E-state index contributed by atoms with van der Waals surface area (Å²) in [6.07, 6.45) is 1.89. The number of hydrogen-bond acceptors (Lipinski definition) is 4. The van der Waals surface area contributed by atoms with Gasteiger partial charge in [0.2, 0.25) is 0 Å². The highest BCUT2D eigenvalue weighted by atomic mass is 35.5. The maximum atomic E-state index is 14.0. The maximum absolute atomic E-state index is 14.0. The van der Waals surface area contributed by atoms with E-state index >= 15 is 0 Å². The predicted octanol–water partition coefficient (Wildman–Crippen LogP) is 6.18. The van der Waals surface area contributed by atoms with Crippen LogP contribution in [0, 0.1) is 5.82 Å². The summed E-state index contributed by atoms with van der Waals surface area (Å²) in [6.45, 7) is 0. The molecule has 0 fully saturated rings. The van der Waals surface area contributed by atoms with Crippen molar-refractivity contribution in [1.82, 2.24) is 19.7 Å². The van der Waals surface area contributed by atoms with Crippen molar-refractivity contribution < 1.29 is 9.18 Å². The molecule has 0 aliphatic rings. The standard InChI is InChI=1S/C24H16ClFN4OS/c25-15-9-11-16(12-10-15)30-23(19-13-27-21-8-4-2-5-17(19)21)28-29-24(30)32-14-22(31)18-6-1-3-7-20(18)26/h1-13,27H,14H2. The van der Waals surface area contributed by atoms with Crippen LogP contribution in [0.2, 0.25) is 5.02 Å². The molecule has 32 heavy (non-hydrogen) atoms. The van der Waals surface area contributed by atoms with Crippen molar-refractivity contribution in [3.63, 3.8) is 0 Å². The van der Waals surface area contributed by atoms with E-state index in [0.29, 0.717) is 16.0 Å². The van der Waals surface area contributed by atoms with E-state index in [1.165, 1.54) is 23.9 Å². The molecule has 0 saturated carbocycles. The van der Waals surface area contributed by atoms with E-state index in [-0.39, 0.29) is 17.1 Å². The van der Waals surface area contributed by atoms with Gasteiger partial charge in [-0.25, -0.2) is 4.39 Å². The van der Waals surface area contributed by atoms with Crippen LogP contribution in [0.25, 0.3) is 28.0 Å². The van der Waals surface area contributed by atoms with E-state index in [4.69, 9.17) is 11.6 Å². The van der Waals surface area contributed by atoms with Crippen LogP contribution in [0.3, 0.4) is 0 Å². The zero-order valence-electron chi connectivity index (χ0n) is 16.6. The fourth-order valence-electron chi connectivity index (χ4n) is 3.51. The minimum Gasteiger partial charge on any atom is -0.360 e. The van der Waals surface area contributed by atoms with Gasteiger partial charge in [0.1, 0.15) is 5.82 Å². The molecule has 0 aliphatic carbocycles. The van der Waals surface area contributed by atoms with Gasteiger partial charge in [0.15, 0.2) is 16.8 Å². The molecule has 0 atom stereocenters. The van der Waals surface area contributed by atoms with Crippen molar-refractivity contribution in [1.29, 1.82) is 0 Å². The molecular weight excluding hydrogens is 447 g/mol. The number of aromatic nitrogens is 4. The summed E-state index contributed by atoms with van der Waals surface area (Å²) in [5.74, 6) is -0.185. The van der Waals surface area contributed by atoms with E-state index in [1.807, 2.05) is 47.2 Å². The normalized spacial score (nSPS) is 11.2. The minimum absolute atomic E-state index is 0.0283. The highest BCUT2D eigenvalue weighted by molar-refractivity contribution is 7.99. The molecule has 2 aromatic heterocycles. The summed E-state index contributed by atoms with van der Waals surface area (Å²) in [7, 11) is 0. The number of fused-ring (bicyclic) bond motifs is 1. The third kappa shape index (κ3) is 3.81. The monoisotopic (exact) mass is 462 g/mol. The highest BCUT2D eigenvalue weighted by Crippen LogP contribution is 2.33. The first-order chi connectivity index (χ1) is 15.6. The number of aromatic amines is 1. The Hall–Kier alpha value is -3.42. The Kier molecular flexibility index (Phi) is 5.51. The molecule has 1 N–H and O–H groups in total. The molecule has 2 heterocycles. The predicted molar refractivity (Wildman–Crippen MR) is 125 cm³/mol. The first-order valence-electron chi connectivity index (χ1n) is 9.80. The van der Waals surface area contributed by atoms with Gasteiger partial charge in [0.25, 0.3) is 0 Å². The summed E-state index contributed by atoms with van der Waals surface area (Å²) in [5.41, 5.74) is 2.74. The molecule has 158 valence electrons. The quantitative estimate of drug-likeness (QED) is 0.241. The Bertz CT molecular complexity index is 1430. The SMILES string of the molecule is O=C(CSc1nnc(-c2c[nH]c3ccccc23)n1-c1ccc(Cl)cc1)c1ccccc1F. The van der Waals surface area contributed by atoms with Crippen molar-refractivity contribution in [3.8, 4) is 17.1 Å². The van der Waals surface area contributed by atoms with Gasteiger partial charge >= 0.3 is 0 Å². The highest BCUT2D eigenvalue weighted by Gasteiger charge is 2.20. The number of hydrogen-bond donors (Lipinski definition) is 1. The maximum Gasteiger partial charge on any atom is 0.196 e. The van der Waals surface area contributed by atoms with Crippen LogP contribution in [-0.4, -0.2) is 31.3 Å². The lowest BCUT2D eigenvalue weighted by atomic mass is 10.1. The average molecular weight is 463 g/mol. The van der Waals surface area contributed by atoms with Crippen LogP contribution < -0.4 is 0 Å². The lowest BCUT2D eigenvalue weighted by Crippen LogP contribution is -2.07. The number of ketones is 1. The molecule has 0 bridgehead atoms. The van der Waals surface area contributed by atoms with E-state index in [0.717, 1.165) is 22.2 Å². The van der Waals surface area contributed by atoms with Gasteiger partial charge < -0.3 is 4.98 Å². The van der Waals surface area contributed by atoms with E-state index < -0.39 is 5.82 Å². The van der Waals surface area contributed by atoms with Crippen molar-refractivity contribution in [2.45, 2.75) is 5.16 Å². The van der Waals surface area contributed by atoms with Crippen LogP contribution in [0.5, 0.6) is 0 Å². The summed E-state index contributed by atoms with van der Waals surface area (Å²) in [5, 5.41) is 10.9. The van der Waals surface area contributed by atoms with Gasteiger partial charge in [-0.2, -0.15) is 0 Å². The number of nitrogens with one attached hydrogen (secondary N) is 1. The third-order valence-electron chi connectivity index (χ3n) is 5.05. The number of para-hydroxylation sites is 1. The number of thioether (sulfide) groups is 1. The van der Waals surface area contributed by atoms with Crippen LogP contribution in [-0.2, 0) is 0 Å². The molecule has 0 radical (unpaired) electrons.